The van der Waals surface area contributed by atoms with Crippen molar-refractivity contribution in [2.24, 2.45) is 0 Å². The molecule has 2 heterocycles. The molecule has 0 aliphatic carbocycles. The molecule has 0 spiro atoms. The Balaban J connectivity index is 1.90. The fourth-order valence-corrected chi connectivity index (χ4v) is 2.09. The molecule has 3 rings (SSSR count). The van der Waals surface area contributed by atoms with Gasteiger partial charge in [-0.05, 0) is 6.07 Å². The second kappa shape index (κ2) is 4.60. The van der Waals surface area contributed by atoms with Crippen molar-refractivity contribution < 1.29 is 9.13 Å². The van der Waals surface area contributed by atoms with Gasteiger partial charge in [0.1, 0.15) is 5.82 Å². The van der Waals surface area contributed by atoms with Crippen molar-refractivity contribution in [3.05, 3.63) is 48.2 Å². The molecule has 0 saturated heterocycles. The Morgan fingerprint density at radius 1 is 1.33 bits per heavy atom. The van der Waals surface area contributed by atoms with Gasteiger partial charge in [0.25, 0.3) is 0 Å². The van der Waals surface area contributed by atoms with Crippen molar-refractivity contribution in [2.75, 3.05) is 11.9 Å². The first-order valence-corrected chi connectivity index (χ1v) is 5.78. The Bertz CT molecular complexity index is 547. The predicted molar refractivity (Wildman–Crippen MR) is 64.9 cm³/mol. The molecule has 1 aromatic carbocycles. The number of anilines is 1. The molecule has 1 aliphatic rings. The molecule has 2 aromatic rings. The van der Waals surface area contributed by atoms with Crippen LogP contribution in [0.25, 0.3) is 0 Å². The van der Waals surface area contributed by atoms with E-state index in [-0.39, 0.29) is 11.9 Å². The van der Waals surface area contributed by atoms with Crippen LogP contribution in [0.4, 0.5) is 10.2 Å². The minimum absolute atomic E-state index is 0.00106. The van der Waals surface area contributed by atoms with Crippen molar-refractivity contribution in [2.45, 2.75) is 12.5 Å². The summed E-state index contributed by atoms with van der Waals surface area (Å²) in [5.41, 5.74) is 0.826. The fraction of sp³-hybridized carbons (Fsp3) is 0.231. The van der Waals surface area contributed by atoms with Crippen LogP contribution in [0.15, 0.2) is 36.8 Å². The van der Waals surface area contributed by atoms with Crippen LogP contribution in [0.2, 0.25) is 0 Å². The van der Waals surface area contributed by atoms with Crippen LogP contribution in [0, 0.1) is 5.82 Å². The van der Waals surface area contributed by atoms with Gasteiger partial charge in [-0.25, -0.2) is 9.37 Å². The third-order valence-electron chi connectivity index (χ3n) is 2.91. The lowest BCUT2D eigenvalue weighted by atomic mass is 10.0. The Morgan fingerprint density at radius 3 is 3.11 bits per heavy atom. The maximum Gasteiger partial charge on any atom is 0.165 e. The lowest BCUT2D eigenvalue weighted by molar-refractivity contribution is 0.260. The number of nitrogens with one attached hydrogen (secondary N) is 1. The highest BCUT2D eigenvalue weighted by Crippen LogP contribution is 2.35. The maximum absolute atomic E-state index is 13.6. The lowest BCUT2D eigenvalue weighted by Gasteiger charge is -2.27. The second-order valence-corrected chi connectivity index (χ2v) is 4.08. The smallest absolute Gasteiger partial charge is 0.165 e. The van der Waals surface area contributed by atoms with Gasteiger partial charge in [-0.3, -0.25) is 4.98 Å². The molecule has 0 radical (unpaired) electrons. The van der Waals surface area contributed by atoms with Gasteiger partial charge in [-0.1, -0.05) is 12.1 Å². The van der Waals surface area contributed by atoms with E-state index in [2.05, 4.69) is 15.3 Å². The SMILES string of the molecule is Fc1cccc2c1OCC[C@@H]2Nc1cnccn1. The minimum atomic E-state index is -0.321. The molecule has 1 aliphatic heterocycles. The summed E-state index contributed by atoms with van der Waals surface area (Å²) in [6.07, 6.45) is 5.65. The molecular formula is C13H12FN3O. The zero-order chi connectivity index (χ0) is 12.4. The summed E-state index contributed by atoms with van der Waals surface area (Å²) in [6, 6.07) is 4.96. The molecule has 1 atom stereocenters. The van der Waals surface area contributed by atoms with Crippen molar-refractivity contribution in [1.29, 1.82) is 0 Å². The van der Waals surface area contributed by atoms with Crippen LogP contribution in [-0.4, -0.2) is 16.6 Å². The van der Waals surface area contributed by atoms with E-state index in [0.717, 1.165) is 12.0 Å². The van der Waals surface area contributed by atoms with Gasteiger partial charge in [-0.2, -0.15) is 0 Å². The Hall–Kier alpha value is -2.17. The molecule has 1 aromatic heterocycles. The average Bonchev–Trinajstić information content (AvgIpc) is 2.41. The van der Waals surface area contributed by atoms with Crippen LogP contribution in [0.1, 0.15) is 18.0 Å². The summed E-state index contributed by atoms with van der Waals surface area (Å²) in [4.78, 5) is 8.15. The number of hydrogen-bond donors (Lipinski definition) is 1. The Morgan fingerprint density at radius 2 is 2.28 bits per heavy atom. The summed E-state index contributed by atoms with van der Waals surface area (Å²) in [6.45, 7) is 0.492. The third-order valence-corrected chi connectivity index (χ3v) is 2.91. The summed E-state index contributed by atoms with van der Waals surface area (Å²) in [5.74, 6) is 0.697. The van der Waals surface area contributed by atoms with Gasteiger partial charge in [0.2, 0.25) is 0 Å². The quantitative estimate of drug-likeness (QED) is 0.883. The molecular weight excluding hydrogens is 233 g/mol. The molecule has 0 fully saturated rings. The normalized spacial score (nSPS) is 17.7. The molecule has 4 nitrogen and oxygen atoms in total. The van der Waals surface area contributed by atoms with Gasteiger partial charge in [0.05, 0.1) is 18.8 Å². The van der Waals surface area contributed by atoms with E-state index in [1.54, 1.807) is 24.7 Å². The highest BCUT2D eigenvalue weighted by Gasteiger charge is 2.23. The van der Waals surface area contributed by atoms with Crippen molar-refractivity contribution >= 4 is 5.82 Å². The van der Waals surface area contributed by atoms with E-state index in [1.165, 1.54) is 6.07 Å². The highest BCUT2D eigenvalue weighted by molar-refractivity contribution is 5.44. The van der Waals surface area contributed by atoms with E-state index < -0.39 is 0 Å². The van der Waals surface area contributed by atoms with Gasteiger partial charge in [0, 0.05) is 24.4 Å². The minimum Gasteiger partial charge on any atom is -0.490 e. The zero-order valence-corrected chi connectivity index (χ0v) is 9.64. The van der Waals surface area contributed by atoms with Gasteiger partial charge in [0.15, 0.2) is 11.6 Å². The van der Waals surface area contributed by atoms with Crippen LogP contribution in [0.3, 0.4) is 0 Å². The van der Waals surface area contributed by atoms with Crippen molar-refractivity contribution in [1.82, 2.24) is 9.97 Å². The second-order valence-electron chi connectivity index (χ2n) is 4.08. The number of rotatable bonds is 2. The van der Waals surface area contributed by atoms with Crippen LogP contribution < -0.4 is 10.1 Å². The Kier molecular flexibility index (Phi) is 2.80. The number of aromatic nitrogens is 2. The van der Waals surface area contributed by atoms with Crippen molar-refractivity contribution in [3.63, 3.8) is 0 Å². The first kappa shape index (κ1) is 11.0. The summed E-state index contributed by atoms with van der Waals surface area (Å²) in [5, 5.41) is 3.24. The van der Waals surface area contributed by atoms with E-state index in [1.807, 2.05) is 6.07 Å². The largest absolute Gasteiger partial charge is 0.490 e. The van der Waals surface area contributed by atoms with E-state index in [9.17, 15) is 4.39 Å². The number of nitrogens with zero attached hydrogens (tertiary/aromatic N) is 2. The van der Waals surface area contributed by atoms with Crippen molar-refractivity contribution in [3.8, 4) is 5.75 Å². The summed E-state index contributed by atoms with van der Waals surface area (Å²) in [7, 11) is 0. The number of halogens is 1. The molecule has 1 N–H and O–H groups in total. The molecule has 5 heteroatoms. The molecule has 0 unspecified atom stereocenters. The predicted octanol–water partition coefficient (Wildman–Crippen LogP) is 2.55. The molecule has 0 saturated carbocycles. The number of ether oxygens (including phenoxy) is 1. The molecule has 0 amide bonds. The lowest BCUT2D eigenvalue weighted by Crippen LogP contribution is -2.21. The highest BCUT2D eigenvalue weighted by atomic mass is 19.1. The fourth-order valence-electron chi connectivity index (χ4n) is 2.09. The van der Waals surface area contributed by atoms with Gasteiger partial charge < -0.3 is 10.1 Å². The summed E-state index contributed by atoms with van der Waals surface area (Å²) < 4.78 is 19.0. The summed E-state index contributed by atoms with van der Waals surface area (Å²) >= 11 is 0. The first-order chi connectivity index (χ1) is 8.84. The number of benzene rings is 1. The maximum atomic E-state index is 13.6. The van der Waals surface area contributed by atoms with E-state index >= 15 is 0 Å². The van der Waals surface area contributed by atoms with E-state index in [4.69, 9.17) is 4.74 Å². The molecule has 0 bridgehead atoms. The molecule has 92 valence electrons. The molecule has 18 heavy (non-hydrogen) atoms. The average molecular weight is 245 g/mol. The number of hydrogen-bond acceptors (Lipinski definition) is 4. The Labute approximate surface area is 104 Å². The van der Waals surface area contributed by atoms with Gasteiger partial charge in [-0.15, -0.1) is 0 Å². The number of para-hydroxylation sites is 1. The van der Waals surface area contributed by atoms with Crippen LogP contribution in [0.5, 0.6) is 5.75 Å². The van der Waals surface area contributed by atoms with E-state index in [0.29, 0.717) is 18.2 Å². The monoisotopic (exact) mass is 245 g/mol. The van der Waals surface area contributed by atoms with Crippen LogP contribution >= 0.6 is 0 Å². The zero-order valence-electron chi connectivity index (χ0n) is 9.64. The first-order valence-electron chi connectivity index (χ1n) is 5.78. The van der Waals surface area contributed by atoms with Gasteiger partial charge >= 0.3 is 0 Å². The van der Waals surface area contributed by atoms with Crippen LogP contribution in [-0.2, 0) is 0 Å². The third kappa shape index (κ3) is 1.99. The topological polar surface area (TPSA) is 47.0 Å². The standard InChI is InChI=1S/C13H12FN3O/c14-10-3-1-2-9-11(4-7-18-13(9)10)17-12-8-15-5-6-16-12/h1-3,5-6,8,11H,4,7H2,(H,16,17)/t11-/m0/s1. The number of fused-ring (bicyclic) bond motifs is 1.